The van der Waals surface area contributed by atoms with Crippen LogP contribution in [0.15, 0.2) is 191 Å². The number of rotatable bonds is 5. The third-order valence-corrected chi connectivity index (χ3v) is 12.6. The van der Waals surface area contributed by atoms with Gasteiger partial charge in [-0.1, -0.05) is 115 Å². The molecule has 1 aliphatic rings. The maximum Gasteiger partial charge on any atom is 0.137 e. The molecule has 2 atom stereocenters. The van der Waals surface area contributed by atoms with E-state index in [4.69, 9.17) is 9.41 Å². The van der Waals surface area contributed by atoms with Crippen LogP contribution in [-0.2, 0) is 0 Å². The highest BCUT2D eigenvalue weighted by atomic mass is 32.1. The molecular weight excluding hydrogens is 717 g/mol. The van der Waals surface area contributed by atoms with Crippen LogP contribution in [0.2, 0.25) is 0 Å². The van der Waals surface area contributed by atoms with Crippen molar-refractivity contribution in [2.45, 2.75) is 12.3 Å². The summed E-state index contributed by atoms with van der Waals surface area (Å²) >= 11 is 1.84. The second-order valence-electron chi connectivity index (χ2n) is 14.8. The number of nitrogens with one attached hydrogen (secondary N) is 2. The van der Waals surface area contributed by atoms with Gasteiger partial charge in [-0.15, -0.1) is 11.3 Å². The highest BCUT2D eigenvalue weighted by Gasteiger charge is 2.26. The molecule has 4 heterocycles. The summed E-state index contributed by atoms with van der Waals surface area (Å²) in [5, 5.41) is 14.7. The number of furan rings is 1. The Labute approximate surface area is 332 Å². The van der Waals surface area contributed by atoms with Crippen LogP contribution >= 0.6 is 11.3 Å². The van der Waals surface area contributed by atoms with Crippen molar-refractivity contribution in [1.29, 1.82) is 0 Å². The van der Waals surface area contributed by atoms with Gasteiger partial charge in [-0.3, -0.25) is 5.32 Å². The van der Waals surface area contributed by atoms with Crippen molar-refractivity contribution < 1.29 is 4.42 Å². The van der Waals surface area contributed by atoms with Crippen LogP contribution in [0.3, 0.4) is 0 Å². The van der Waals surface area contributed by atoms with E-state index in [0.717, 1.165) is 50.2 Å². The van der Waals surface area contributed by atoms with Crippen LogP contribution in [0, 0.1) is 0 Å². The topological polar surface area (TPSA) is 54.5 Å². The average molecular weight is 751 g/mol. The van der Waals surface area contributed by atoms with Gasteiger partial charge in [-0.2, -0.15) is 0 Å². The van der Waals surface area contributed by atoms with Crippen LogP contribution in [0.5, 0.6) is 0 Å². The lowest BCUT2D eigenvalue weighted by atomic mass is 10.00. The number of amidine groups is 1. The molecule has 5 nitrogen and oxygen atoms in total. The van der Waals surface area contributed by atoms with E-state index in [1.807, 2.05) is 17.4 Å². The Hall–Kier alpha value is -6.99. The fourth-order valence-electron chi connectivity index (χ4n) is 8.72. The predicted octanol–water partition coefficient (Wildman–Crippen LogP) is 13.1. The summed E-state index contributed by atoms with van der Waals surface area (Å²) in [5.41, 5.74) is 11.0. The van der Waals surface area contributed by atoms with E-state index in [9.17, 15) is 0 Å². The van der Waals surface area contributed by atoms with Gasteiger partial charge in [-0.25, -0.2) is 4.99 Å². The summed E-state index contributed by atoms with van der Waals surface area (Å²) < 4.78 is 11.4. The minimum Gasteiger partial charge on any atom is -0.456 e. The largest absolute Gasteiger partial charge is 0.456 e. The lowest BCUT2D eigenvalue weighted by Crippen LogP contribution is -2.44. The van der Waals surface area contributed by atoms with Gasteiger partial charge in [-0.05, 0) is 82.9 Å². The van der Waals surface area contributed by atoms with Gasteiger partial charge >= 0.3 is 0 Å². The van der Waals surface area contributed by atoms with E-state index >= 15 is 0 Å². The molecular formula is C51H34N4OS. The van der Waals surface area contributed by atoms with Crippen molar-refractivity contribution in [3.63, 3.8) is 0 Å². The molecule has 11 aromatic rings. The molecule has 1 aliphatic heterocycles. The van der Waals surface area contributed by atoms with Crippen LogP contribution in [-0.4, -0.2) is 10.4 Å². The number of aliphatic imine (C=N–C) groups is 1. The smallest absolute Gasteiger partial charge is 0.137 e. The van der Waals surface area contributed by atoms with Crippen molar-refractivity contribution in [1.82, 2.24) is 15.2 Å². The normalized spacial score (nSPS) is 15.9. The Kier molecular flexibility index (Phi) is 7.24. The van der Waals surface area contributed by atoms with Gasteiger partial charge in [0.1, 0.15) is 29.3 Å². The molecule has 0 saturated heterocycles. The van der Waals surface area contributed by atoms with Crippen LogP contribution in [0.1, 0.15) is 29.0 Å². The third-order valence-electron chi connectivity index (χ3n) is 11.5. The molecule has 12 rings (SSSR count). The summed E-state index contributed by atoms with van der Waals surface area (Å²) in [6.07, 6.45) is -0.305. The number of hydrogen-bond donors (Lipinski definition) is 2. The molecule has 57 heavy (non-hydrogen) atoms. The molecule has 6 heteroatoms. The Balaban J connectivity index is 0.927. The van der Waals surface area contributed by atoms with Crippen molar-refractivity contribution in [3.05, 3.63) is 199 Å². The molecule has 0 fully saturated rings. The third kappa shape index (κ3) is 5.30. The van der Waals surface area contributed by atoms with Gasteiger partial charge in [0.2, 0.25) is 0 Å². The standard InChI is InChI=1S/C51H34N4OS/c1-3-11-31(12-4-1)49-52-50(32-13-5-2-6-14-32)54-51(53-49)35-21-26-48-42(29-35)41-28-34(20-25-47(41)57-48)33-19-24-45-40(27-33)39-23-22-36(30-46(39)56-45)55-43-17-9-7-15-37(43)38-16-8-10-18-44(38)55/h1-30,49,51,53H,(H,52,54). The zero-order valence-electron chi connectivity index (χ0n) is 30.7. The van der Waals surface area contributed by atoms with Crippen LogP contribution in [0.4, 0.5) is 0 Å². The molecule has 0 amide bonds. The SMILES string of the molecule is c1ccc(C2=NC(c3ccc4sc5ccc(-c6ccc7oc8cc(-n9c%10ccccc%10c%10ccccc%109)ccc8c7c6)cc5c4c3)NC(c3ccccc3)N2)cc1. The Morgan fingerprint density at radius 3 is 1.89 bits per heavy atom. The minimum absolute atomic E-state index is 0.0837. The van der Waals surface area contributed by atoms with Gasteiger partial charge in [0.25, 0.3) is 0 Å². The number of hydrogen-bond acceptors (Lipinski definition) is 5. The maximum absolute atomic E-state index is 6.53. The second kappa shape index (κ2) is 12.8. The maximum atomic E-state index is 6.53. The lowest BCUT2D eigenvalue weighted by molar-refractivity contribution is 0.409. The van der Waals surface area contributed by atoms with Crippen LogP contribution < -0.4 is 10.6 Å². The Morgan fingerprint density at radius 2 is 1.12 bits per heavy atom. The molecule has 2 N–H and O–H groups in total. The summed E-state index contributed by atoms with van der Waals surface area (Å²) in [5.74, 6) is 0.885. The number of nitrogens with zero attached hydrogens (tertiary/aromatic N) is 2. The van der Waals surface area contributed by atoms with Crippen molar-refractivity contribution in [2.24, 2.45) is 4.99 Å². The van der Waals surface area contributed by atoms with Gasteiger partial charge in [0, 0.05) is 59.0 Å². The minimum atomic E-state index is -0.221. The summed E-state index contributed by atoms with van der Waals surface area (Å²) in [6.45, 7) is 0. The molecule has 0 aliphatic carbocycles. The van der Waals surface area contributed by atoms with Crippen molar-refractivity contribution in [2.75, 3.05) is 0 Å². The Morgan fingerprint density at radius 1 is 0.474 bits per heavy atom. The molecule has 3 aromatic heterocycles. The van der Waals surface area contributed by atoms with E-state index in [2.05, 4.69) is 191 Å². The highest BCUT2D eigenvalue weighted by Crippen LogP contribution is 2.40. The molecule has 270 valence electrons. The zero-order chi connectivity index (χ0) is 37.5. The quantitative estimate of drug-likeness (QED) is 0.184. The summed E-state index contributed by atoms with van der Waals surface area (Å²) in [6, 6.07) is 65.0. The summed E-state index contributed by atoms with van der Waals surface area (Å²) in [7, 11) is 0. The predicted molar refractivity (Wildman–Crippen MR) is 238 cm³/mol. The van der Waals surface area contributed by atoms with Gasteiger partial charge in [0.15, 0.2) is 0 Å². The number of benzene rings is 8. The van der Waals surface area contributed by atoms with E-state index in [1.54, 1.807) is 0 Å². The first-order valence-electron chi connectivity index (χ1n) is 19.3. The van der Waals surface area contributed by atoms with Crippen molar-refractivity contribution in [3.8, 4) is 16.8 Å². The molecule has 2 unspecified atom stereocenters. The number of thiophene rings is 1. The molecule has 0 spiro atoms. The number of fused-ring (bicyclic) bond motifs is 9. The number of para-hydroxylation sites is 2. The summed E-state index contributed by atoms with van der Waals surface area (Å²) in [4.78, 5) is 5.22. The molecule has 0 saturated carbocycles. The fraction of sp³-hybridized carbons (Fsp3) is 0.0392. The fourth-order valence-corrected chi connectivity index (χ4v) is 9.79. The van der Waals surface area contributed by atoms with Gasteiger partial charge in [0.05, 0.1) is 11.0 Å². The highest BCUT2D eigenvalue weighted by molar-refractivity contribution is 7.25. The van der Waals surface area contributed by atoms with Gasteiger partial charge < -0.3 is 14.3 Å². The second-order valence-corrected chi connectivity index (χ2v) is 15.9. The molecule has 0 bridgehead atoms. The Bertz CT molecular complexity index is 3320. The van der Waals surface area contributed by atoms with Crippen LogP contribution in [0.25, 0.3) is 80.7 Å². The average Bonchev–Trinajstić information content (AvgIpc) is 3.95. The number of aromatic nitrogens is 1. The molecule has 8 aromatic carbocycles. The zero-order valence-corrected chi connectivity index (χ0v) is 31.5. The first kappa shape index (κ1) is 32.3. The van der Waals surface area contributed by atoms with Crippen molar-refractivity contribution >= 4 is 81.1 Å². The monoisotopic (exact) mass is 750 g/mol. The van der Waals surface area contributed by atoms with E-state index < -0.39 is 0 Å². The van der Waals surface area contributed by atoms with E-state index in [0.29, 0.717) is 0 Å². The molecule has 0 radical (unpaired) electrons. The van der Waals surface area contributed by atoms with E-state index in [1.165, 1.54) is 53.1 Å². The van der Waals surface area contributed by atoms with E-state index in [-0.39, 0.29) is 12.3 Å². The first-order valence-corrected chi connectivity index (χ1v) is 20.2. The first-order chi connectivity index (χ1) is 28.2. The lowest BCUT2D eigenvalue weighted by Gasteiger charge is -2.32.